The van der Waals surface area contributed by atoms with Crippen molar-refractivity contribution in [3.63, 3.8) is 0 Å². The van der Waals surface area contributed by atoms with Crippen molar-refractivity contribution < 1.29 is 18.6 Å². The largest absolute Gasteiger partial charge is 0.389 e. The number of rotatable bonds is 5. The Morgan fingerprint density at radius 2 is 1.88 bits per heavy atom. The van der Waals surface area contributed by atoms with Gasteiger partial charge >= 0.3 is 0 Å². The Kier molecular flexibility index (Phi) is 6.22. The summed E-state index contributed by atoms with van der Waals surface area (Å²) in [7, 11) is -3.97. The minimum Gasteiger partial charge on any atom is -0.389 e. The number of aromatic nitrogens is 1. The highest BCUT2D eigenvalue weighted by Gasteiger charge is 2.58. The highest BCUT2D eigenvalue weighted by molar-refractivity contribution is 9.10. The van der Waals surface area contributed by atoms with E-state index >= 15 is 0 Å². The van der Waals surface area contributed by atoms with Crippen LogP contribution in [0.3, 0.4) is 0 Å². The lowest BCUT2D eigenvalue weighted by atomic mass is 9.56. The minimum atomic E-state index is -3.97. The second kappa shape index (κ2) is 8.48. The number of nitrogens with zero attached hydrogens (tertiary/aromatic N) is 1. The summed E-state index contributed by atoms with van der Waals surface area (Å²) < 4.78 is 29.3. The van der Waals surface area contributed by atoms with Crippen LogP contribution in [0.15, 0.2) is 82.8 Å². The van der Waals surface area contributed by atoms with E-state index in [4.69, 9.17) is 0 Å². The number of aliphatic hydroxyl groups excluding tert-OH is 1. The molecule has 1 saturated carbocycles. The fourth-order valence-corrected chi connectivity index (χ4v) is 6.90. The molecule has 4 atom stereocenters. The predicted molar refractivity (Wildman–Crippen MR) is 139 cm³/mol. The van der Waals surface area contributed by atoms with Gasteiger partial charge in [0.15, 0.2) is 0 Å². The van der Waals surface area contributed by atoms with E-state index < -0.39 is 27.1 Å². The van der Waals surface area contributed by atoms with E-state index in [9.17, 15) is 18.6 Å². The van der Waals surface area contributed by atoms with Crippen LogP contribution in [0.25, 0.3) is 10.9 Å². The standard InChI is InChI=1S/C27H30BrNO4S/c1-6-26(5)14-13-21(17(2)3)25(30)27(26,31)23-16-29(24-12-9-19(28)15-22(23)24)34(32,33)20-10-7-18(4)8-11-20/h6-12,15-16,21,25,30-31H,1-2,13-14H2,3-5H3/t21-,25-,26-,27-/m0/s1. The molecular formula is C27H30BrNO4S. The van der Waals surface area contributed by atoms with Crippen molar-refractivity contribution in [3.8, 4) is 0 Å². The first-order chi connectivity index (χ1) is 15.9. The van der Waals surface area contributed by atoms with Crippen LogP contribution in [0.5, 0.6) is 0 Å². The number of aryl methyl sites for hydroxylation is 1. The molecule has 5 nitrogen and oxygen atoms in total. The summed E-state index contributed by atoms with van der Waals surface area (Å²) in [4.78, 5) is 0.145. The first-order valence-electron chi connectivity index (χ1n) is 11.2. The van der Waals surface area contributed by atoms with Gasteiger partial charge in [0.2, 0.25) is 0 Å². The average molecular weight is 545 g/mol. The maximum Gasteiger partial charge on any atom is 0.268 e. The zero-order chi connectivity index (χ0) is 25.1. The first kappa shape index (κ1) is 24.9. The third-order valence-electron chi connectivity index (χ3n) is 7.46. The molecule has 2 N–H and O–H groups in total. The van der Waals surface area contributed by atoms with Crippen molar-refractivity contribution in [1.82, 2.24) is 3.97 Å². The summed E-state index contributed by atoms with van der Waals surface area (Å²) in [6.45, 7) is 13.6. The summed E-state index contributed by atoms with van der Waals surface area (Å²) in [5.74, 6) is -0.336. The zero-order valence-corrected chi connectivity index (χ0v) is 22.0. The molecule has 0 radical (unpaired) electrons. The Labute approximate surface area is 209 Å². The number of hydrogen-bond acceptors (Lipinski definition) is 4. The molecule has 1 fully saturated rings. The lowest BCUT2D eigenvalue weighted by molar-refractivity contribution is -0.182. The highest BCUT2D eigenvalue weighted by atomic mass is 79.9. The predicted octanol–water partition coefficient (Wildman–Crippen LogP) is 5.68. The summed E-state index contributed by atoms with van der Waals surface area (Å²) in [6, 6.07) is 11.9. The third kappa shape index (κ3) is 3.61. The lowest BCUT2D eigenvalue weighted by Gasteiger charge is -2.53. The molecule has 0 saturated heterocycles. The van der Waals surface area contributed by atoms with Gasteiger partial charge in [-0.25, -0.2) is 12.4 Å². The molecule has 34 heavy (non-hydrogen) atoms. The molecule has 0 spiro atoms. The molecule has 1 aliphatic rings. The van der Waals surface area contributed by atoms with Gasteiger partial charge in [0.25, 0.3) is 10.0 Å². The number of halogens is 1. The first-order valence-corrected chi connectivity index (χ1v) is 13.4. The van der Waals surface area contributed by atoms with Gasteiger partial charge < -0.3 is 10.2 Å². The minimum absolute atomic E-state index is 0.145. The van der Waals surface area contributed by atoms with Crippen LogP contribution in [0, 0.1) is 18.3 Å². The van der Waals surface area contributed by atoms with Crippen molar-refractivity contribution >= 4 is 36.9 Å². The van der Waals surface area contributed by atoms with Crippen LogP contribution in [0.1, 0.15) is 37.8 Å². The molecule has 3 aromatic rings. The van der Waals surface area contributed by atoms with E-state index in [1.807, 2.05) is 20.8 Å². The van der Waals surface area contributed by atoms with E-state index in [1.165, 1.54) is 10.2 Å². The Hall–Kier alpha value is -2.19. The van der Waals surface area contributed by atoms with Crippen LogP contribution in [0.2, 0.25) is 0 Å². The van der Waals surface area contributed by atoms with E-state index in [2.05, 4.69) is 29.1 Å². The summed E-state index contributed by atoms with van der Waals surface area (Å²) in [5, 5.41) is 24.4. The normalized spacial score (nSPS) is 27.6. The molecule has 4 rings (SSSR count). The van der Waals surface area contributed by atoms with Gasteiger partial charge in [0.05, 0.1) is 16.5 Å². The Bertz CT molecular complexity index is 1390. The van der Waals surface area contributed by atoms with Crippen molar-refractivity contribution in [2.24, 2.45) is 11.3 Å². The molecule has 180 valence electrons. The van der Waals surface area contributed by atoms with Gasteiger partial charge in [-0.3, -0.25) is 0 Å². The van der Waals surface area contributed by atoms with Crippen molar-refractivity contribution in [2.75, 3.05) is 0 Å². The fourth-order valence-electron chi connectivity index (χ4n) is 5.17. The third-order valence-corrected chi connectivity index (χ3v) is 9.64. The molecule has 0 amide bonds. The van der Waals surface area contributed by atoms with Gasteiger partial charge in [-0.2, -0.15) is 0 Å². The van der Waals surface area contributed by atoms with E-state index in [1.54, 1.807) is 48.5 Å². The average Bonchev–Trinajstić information content (AvgIpc) is 3.17. The monoisotopic (exact) mass is 543 g/mol. The van der Waals surface area contributed by atoms with Crippen LogP contribution in [0.4, 0.5) is 0 Å². The number of benzene rings is 2. The topological polar surface area (TPSA) is 79.5 Å². The molecule has 1 aromatic heterocycles. The van der Waals surface area contributed by atoms with E-state index in [0.29, 0.717) is 29.3 Å². The van der Waals surface area contributed by atoms with Crippen molar-refractivity contribution in [2.45, 2.75) is 50.2 Å². The molecular weight excluding hydrogens is 514 g/mol. The van der Waals surface area contributed by atoms with Crippen LogP contribution < -0.4 is 0 Å². The number of fused-ring (bicyclic) bond motifs is 1. The van der Waals surface area contributed by atoms with Gasteiger partial charge in [-0.05, 0) is 57.0 Å². The van der Waals surface area contributed by atoms with Crippen LogP contribution >= 0.6 is 15.9 Å². The Morgan fingerprint density at radius 3 is 2.47 bits per heavy atom. The molecule has 0 bridgehead atoms. The van der Waals surface area contributed by atoms with Gasteiger partial charge in [-0.15, -0.1) is 6.58 Å². The Morgan fingerprint density at radius 1 is 1.24 bits per heavy atom. The summed E-state index contributed by atoms with van der Waals surface area (Å²) in [5.41, 5.74) is -0.192. The van der Waals surface area contributed by atoms with E-state index in [-0.39, 0.29) is 10.8 Å². The Balaban J connectivity index is 2.05. The zero-order valence-electron chi connectivity index (χ0n) is 19.6. The smallest absolute Gasteiger partial charge is 0.268 e. The second-order valence-electron chi connectivity index (χ2n) is 9.64. The molecule has 1 heterocycles. The fraction of sp³-hybridized carbons (Fsp3) is 0.333. The van der Waals surface area contributed by atoms with Crippen LogP contribution in [-0.2, 0) is 15.6 Å². The molecule has 7 heteroatoms. The van der Waals surface area contributed by atoms with Gasteiger partial charge in [0, 0.05) is 33.0 Å². The molecule has 0 unspecified atom stereocenters. The van der Waals surface area contributed by atoms with Gasteiger partial charge in [0.1, 0.15) is 5.60 Å². The van der Waals surface area contributed by atoms with E-state index in [0.717, 1.165) is 15.6 Å². The molecule has 0 aliphatic heterocycles. The SMILES string of the molecule is C=C[C@@]1(C)CC[C@@H](C(=C)C)[C@H](O)[C@@]1(O)c1cn(S(=O)(=O)c2ccc(C)cc2)c2ccc(Br)cc12. The second-order valence-corrected chi connectivity index (χ2v) is 12.4. The quantitative estimate of drug-likeness (QED) is 0.406. The molecule has 1 aliphatic carbocycles. The van der Waals surface area contributed by atoms with Crippen molar-refractivity contribution in [1.29, 1.82) is 0 Å². The number of aliphatic hydroxyl groups is 2. The summed E-state index contributed by atoms with van der Waals surface area (Å²) in [6.07, 6.45) is 3.14. The number of hydrogen-bond donors (Lipinski definition) is 2. The lowest BCUT2D eigenvalue weighted by Crippen LogP contribution is -2.57. The highest BCUT2D eigenvalue weighted by Crippen LogP contribution is 2.56. The maximum atomic E-state index is 13.7. The maximum absolute atomic E-state index is 13.7. The summed E-state index contributed by atoms with van der Waals surface area (Å²) >= 11 is 3.48. The van der Waals surface area contributed by atoms with Gasteiger partial charge in [-0.1, -0.05) is 58.8 Å². The van der Waals surface area contributed by atoms with Crippen molar-refractivity contribution in [3.05, 3.63) is 89.1 Å². The molecule has 2 aromatic carbocycles. The van der Waals surface area contributed by atoms with Crippen LogP contribution in [-0.4, -0.2) is 28.7 Å².